The Morgan fingerprint density at radius 3 is 2.46 bits per heavy atom. The Bertz CT molecular complexity index is 137. The topological polar surface area (TPSA) is 92.4 Å². The van der Waals surface area contributed by atoms with Crippen molar-refractivity contribution in [2.45, 2.75) is 26.3 Å². The van der Waals surface area contributed by atoms with Crippen molar-refractivity contribution in [2.24, 2.45) is 5.73 Å². The minimum absolute atomic E-state index is 0.171. The van der Waals surface area contributed by atoms with Crippen LogP contribution >= 0.6 is 0 Å². The third-order valence-corrected chi connectivity index (χ3v) is 1.15. The second-order valence-electron chi connectivity index (χ2n) is 2.75. The highest BCUT2D eigenvalue weighted by atomic mass is 16.3. The van der Waals surface area contributed by atoms with Crippen LogP contribution in [0.3, 0.4) is 0 Å². The molecule has 13 heavy (non-hydrogen) atoms. The summed E-state index contributed by atoms with van der Waals surface area (Å²) >= 11 is 0. The summed E-state index contributed by atoms with van der Waals surface area (Å²) in [6.07, 6.45) is 0.924. The number of carbonyl (C=O) groups excluding carboxylic acids is 1. The summed E-state index contributed by atoms with van der Waals surface area (Å²) in [5.74, 6) is 0.171. The molecule has 4 N–H and O–H groups in total. The number of rotatable bonds is 5. The van der Waals surface area contributed by atoms with Gasteiger partial charge >= 0.3 is 0 Å². The minimum atomic E-state index is -0.250. The molecule has 0 bridgehead atoms. The first-order chi connectivity index (χ1) is 6.04. The molecule has 0 aliphatic rings. The van der Waals surface area contributed by atoms with Crippen molar-refractivity contribution in [2.75, 3.05) is 13.1 Å². The molecular formula is C8H18N2O3. The lowest BCUT2D eigenvalue weighted by atomic mass is 10.2. The number of ketones is 1. The zero-order valence-electron chi connectivity index (χ0n) is 8.12. The van der Waals surface area contributed by atoms with Crippen molar-refractivity contribution in [1.29, 1.82) is 0 Å². The Labute approximate surface area is 78.3 Å². The van der Waals surface area contributed by atoms with Gasteiger partial charge in [-0.05, 0) is 26.8 Å². The first kappa shape index (κ1) is 14.6. The van der Waals surface area contributed by atoms with E-state index >= 15 is 0 Å². The molecule has 5 heteroatoms. The molecule has 0 spiro atoms. The van der Waals surface area contributed by atoms with Gasteiger partial charge in [-0.3, -0.25) is 9.59 Å². The molecule has 0 fully saturated rings. The summed E-state index contributed by atoms with van der Waals surface area (Å²) in [5.41, 5.74) is 5.48. The number of carbonyl (C=O) groups is 2. The highest BCUT2D eigenvalue weighted by Gasteiger charge is 1.94. The maximum Gasteiger partial charge on any atom is 0.290 e. The van der Waals surface area contributed by atoms with Crippen LogP contribution in [0.15, 0.2) is 0 Å². The summed E-state index contributed by atoms with van der Waals surface area (Å²) in [4.78, 5) is 18.8. The molecule has 1 unspecified atom stereocenters. The summed E-state index contributed by atoms with van der Waals surface area (Å²) in [7, 11) is 0. The number of hydrogen-bond donors (Lipinski definition) is 3. The monoisotopic (exact) mass is 190 g/mol. The van der Waals surface area contributed by atoms with E-state index in [1.165, 1.54) is 0 Å². The second kappa shape index (κ2) is 11.1. The van der Waals surface area contributed by atoms with E-state index in [9.17, 15) is 4.79 Å². The Morgan fingerprint density at radius 1 is 1.69 bits per heavy atom. The van der Waals surface area contributed by atoms with Gasteiger partial charge in [-0.15, -0.1) is 0 Å². The third kappa shape index (κ3) is 24.7. The number of carboxylic acid groups (broad SMARTS) is 1. The van der Waals surface area contributed by atoms with Gasteiger partial charge in [0.2, 0.25) is 0 Å². The number of nitrogens with two attached hydrogens (primary N) is 1. The lowest BCUT2D eigenvalue weighted by Crippen LogP contribution is -2.27. The van der Waals surface area contributed by atoms with E-state index in [1.807, 2.05) is 6.92 Å². The van der Waals surface area contributed by atoms with Gasteiger partial charge < -0.3 is 16.2 Å². The lowest BCUT2D eigenvalue weighted by Gasteiger charge is -2.04. The molecule has 0 aromatic rings. The fourth-order valence-corrected chi connectivity index (χ4v) is 0.594. The predicted octanol–water partition coefficient (Wildman–Crippen LogP) is -0.397. The molecule has 0 aromatic heterocycles. The summed E-state index contributed by atoms with van der Waals surface area (Å²) < 4.78 is 0. The van der Waals surface area contributed by atoms with Crippen molar-refractivity contribution in [3.8, 4) is 0 Å². The standard InChI is InChI=1S/C7H16N2O.CH2O2/c1-6(8)3-4-9-5-7(2)10;2-1-3/h6,9H,3-5,8H2,1-2H3;1H,(H,2,3). The minimum Gasteiger partial charge on any atom is -0.483 e. The molecule has 5 nitrogen and oxygen atoms in total. The molecular weight excluding hydrogens is 172 g/mol. The van der Waals surface area contributed by atoms with Crippen LogP contribution < -0.4 is 11.1 Å². The lowest BCUT2D eigenvalue weighted by molar-refractivity contribution is -0.123. The van der Waals surface area contributed by atoms with Gasteiger partial charge in [-0.2, -0.15) is 0 Å². The van der Waals surface area contributed by atoms with Crippen LogP contribution in [-0.2, 0) is 9.59 Å². The van der Waals surface area contributed by atoms with Gasteiger partial charge in [0, 0.05) is 6.04 Å². The van der Waals surface area contributed by atoms with Crippen molar-refractivity contribution in [3.05, 3.63) is 0 Å². The van der Waals surface area contributed by atoms with Crippen LogP contribution in [0.25, 0.3) is 0 Å². The van der Waals surface area contributed by atoms with E-state index in [0.29, 0.717) is 6.54 Å². The fraction of sp³-hybridized carbons (Fsp3) is 0.750. The van der Waals surface area contributed by atoms with Crippen molar-refractivity contribution < 1.29 is 14.7 Å². The van der Waals surface area contributed by atoms with Crippen LogP contribution in [0.4, 0.5) is 0 Å². The first-order valence-corrected chi connectivity index (χ1v) is 4.08. The van der Waals surface area contributed by atoms with Crippen molar-refractivity contribution in [1.82, 2.24) is 5.32 Å². The smallest absolute Gasteiger partial charge is 0.290 e. The van der Waals surface area contributed by atoms with Gasteiger partial charge in [0.05, 0.1) is 6.54 Å². The molecule has 0 heterocycles. The molecule has 78 valence electrons. The van der Waals surface area contributed by atoms with E-state index in [2.05, 4.69) is 5.32 Å². The maximum atomic E-state index is 10.4. The molecule has 0 saturated carbocycles. The van der Waals surface area contributed by atoms with Gasteiger partial charge in [0.25, 0.3) is 6.47 Å². The number of nitrogens with one attached hydrogen (secondary N) is 1. The molecule has 0 aliphatic heterocycles. The van der Waals surface area contributed by atoms with Crippen molar-refractivity contribution in [3.63, 3.8) is 0 Å². The average Bonchev–Trinajstić information content (AvgIpc) is 1.99. The second-order valence-corrected chi connectivity index (χ2v) is 2.75. The molecule has 1 atom stereocenters. The van der Waals surface area contributed by atoms with Crippen molar-refractivity contribution >= 4 is 12.3 Å². The van der Waals surface area contributed by atoms with E-state index in [4.69, 9.17) is 15.6 Å². The molecule has 0 aromatic carbocycles. The van der Waals surface area contributed by atoms with Gasteiger partial charge in [-0.25, -0.2) is 0 Å². The van der Waals surface area contributed by atoms with Crippen LogP contribution in [0, 0.1) is 0 Å². The molecule has 0 radical (unpaired) electrons. The Morgan fingerprint density at radius 2 is 2.15 bits per heavy atom. The SMILES string of the molecule is CC(=O)CNCCC(C)N.O=CO. The van der Waals surface area contributed by atoms with E-state index in [0.717, 1.165) is 13.0 Å². The number of hydrogen-bond acceptors (Lipinski definition) is 4. The summed E-state index contributed by atoms with van der Waals surface area (Å²) in [5, 5.41) is 9.88. The zero-order valence-corrected chi connectivity index (χ0v) is 8.12. The maximum absolute atomic E-state index is 10.4. The summed E-state index contributed by atoms with van der Waals surface area (Å²) in [6, 6.07) is 0.222. The molecule has 0 saturated heterocycles. The molecule has 0 aliphatic carbocycles. The van der Waals surface area contributed by atoms with Crippen LogP contribution in [0.5, 0.6) is 0 Å². The summed E-state index contributed by atoms with van der Waals surface area (Å²) in [6.45, 7) is 4.57. The van der Waals surface area contributed by atoms with E-state index in [-0.39, 0.29) is 18.3 Å². The van der Waals surface area contributed by atoms with Gasteiger partial charge in [-0.1, -0.05) is 0 Å². The zero-order chi connectivity index (χ0) is 10.7. The quantitative estimate of drug-likeness (QED) is 0.405. The van der Waals surface area contributed by atoms with Gasteiger partial charge in [0.1, 0.15) is 5.78 Å². The Balaban J connectivity index is 0. The normalized spacial score (nSPS) is 11.0. The highest BCUT2D eigenvalue weighted by Crippen LogP contribution is 1.81. The Kier molecular flexibility index (Phi) is 12.4. The molecule has 0 rings (SSSR count). The molecule has 0 amide bonds. The predicted molar refractivity (Wildman–Crippen MR) is 50.5 cm³/mol. The van der Waals surface area contributed by atoms with Crippen LogP contribution in [0.2, 0.25) is 0 Å². The Hall–Kier alpha value is -0.940. The van der Waals surface area contributed by atoms with Gasteiger partial charge in [0.15, 0.2) is 0 Å². The highest BCUT2D eigenvalue weighted by molar-refractivity contribution is 5.77. The van der Waals surface area contributed by atoms with Crippen LogP contribution in [0.1, 0.15) is 20.3 Å². The average molecular weight is 190 g/mol. The van der Waals surface area contributed by atoms with E-state index in [1.54, 1.807) is 6.92 Å². The third-order valence-electron chi connectivity index (χ3n) is 1.15. The number of Topliss-reactive ketones (excluding diaryl/α,β-unsaturated/α-hetero) is 1. The largest absolute Gasteiger partial charge is 0.483 e. The first-order valence-electron chi connectivity index (χ1n) is 4.08. The fourth-order valence-electron chi connectivity index (χ4n) is 0.594. The van der Waals surface area contributed by atoms with Crippen LogP contribution in [-0.4, -0.2) is 36.5 Å². The van der Waals surface area contributed by atoms with E-state index < -0.39 is 0 Å².